The summed E-state index contributed by atoms with van der Waals surface area (Å²) in [5.41, 5.74) is 0. The minimum atomic E-state index is 1.04. The lowest BCUT2D eigenvalue weighted by Gasteiger charge is -1.82. The van der Waals surface area contributed by atoms with E-state index in [0.717, 1.165) is 9.28 Å². The second-order valence-electron chi connectivity index (χ2n) is 1.22. The number of halogens is 1. The minimum Gasteiger partial charge on any atom is -0.102 e. The van der Waals surface area contributed by atoms with E-state index in [1.54, 1.807) is 23.5 Å². The lowest BCUT2D eigenvalue weighted by molar-refractivity contribution is 1.78. The van der Waals surface area contributed by atoms with Crippen molar-refractivity contribution in [3.05, 3.63) is 9.89 Å². The molecule has 1 aliphatic heterocycles. The molecule has 0 saturated carbocycles. The second-order valence-corrected chi connectivity index (χ2v) is 4.98. The standard InChI is InChI=1S/C4H3BrS3/c5-1-3-2-7-4(6)8-3/h1H,2H2/b3-1+. The zero-order chi connectivity index (χ0) is 5.98. The molecular formula is C4H3BrS3. The number of thiocarbonyl (C=S) groups is 1. The van der Waals surface area contributed by atoms with Crippen molar-refractivity contribution in [2.24, 2.45) is 0 Å². The quantitative estimate of drug-likeness (QED) is 0.584. The summed E-state index contributed by atoms with van der Waals surface area (Å²) in [7, 11) is 0. The van der Waals surface area contributed by atoms with Gasteiger partial charge in [0.25, 0.3) is 0 Å². The molecule has 0 aromatic rings. The van der Waals surface area contributed by atoms with E-state index in [-0.39, 0.29) is 0 Å². The van der Waals surface area contributed by atoms with Gasteiger partial charge in [-0.3, -0.25) is 0 Å². The first-order valence-corrected chi connectivity index (χ1v) is 5.09. The van der Waals surface area contributed by atoms with Gasteiger partial charge in [-0.15, -0.1) is 11.8 Å². The van der Waals surface area contributed by atoms with E-state index in [1.165, 1.54) is 4.91 Å². The molecule has 0 atom stereocenters. The average Bonchev–Trinajstić information content (AvgIpc) is 2.14. The van der Waals surface area contributed by atoms with Crippen LogP contribution in [-0.2, 0) is 0 Å². The van der Waals surface area contributed by atoms with Crippen molar-refractivity contribution >= 4 is 55.2 Å². The molecule has 0 unspecified atom stereocenters. The van der Waals surface area contributed by atoms with Crippen LogP contribution in [0.15, 0.2) is 9.89 Å². The Labute approximate surface area is 70.6 Å². The minimum absolute atomic E-state index is 1.04. The highest BCUT2D eigenvalue weighted by molar-refractivity contribution is 9.11. The molecule has 1 rings (SSSR count). The number of hydrogen-bond acceptors (Lipinski definition) is 3. The zero-order valence-electron chi connectivity index (χ0n) is 3.89. The molecule has 4 heteroatoms. The Hall–Kier alpha value is 1.01. The molecule has 8 heavy (non-hydrogen) atoms. The number of thioether (sulfide) groups is 2. The highest BCUT2D eigenvalue weighted by Crippen LogP contribution is 2.36. The van der Waals surface area contributed by atoms with Gasteiger partial charge in [-0.25, -0.2) is 0 Å². The molecule has 0 radical (unpaired) electrons. The molecule has 0 aromatic heterocycles. The summed E-state index contributed by atoms with van der Waals surface area (Å²) in [4.78, 5) is 3.25. The summed E-state index contributed by atoms with van der Waals surface area (Å²) in [6.07, 6.45) is 0. The lowest BCUT2D eigenvalue weighted by atomic mass is 10.7. The van der Waals surface area contributed by atoms with Gasteiger partial charge in [-0.2, -0.15) is 0 Å². The predicted octanol–water partition coefficient (Wildman–Crippen LogP) is 2.99. The third-order valence-electron chi connectivity index (χ3n) is 0.668. The van der Waals surface area contributed by atoms with E-state index in [0.29, 0.717) is 0 Å². The van der Waals surface area contributed by atoms with Crippen LogP contribution in [0.5, 0.6) is 0 Å². The van der Waals surface area contributed by atoms with Crippen LogP contribution in [0.2, 0.25) is 0 Å². The summed E-state index contributed by atoms with van der Waals surface area (Å²) in [5, 5.41) is 0. The number of hydrogen-bond donors (Lipinski definition) is 0. The maximum Gasteiger partial charge on any atom is 0.109 e. The van der Waals surface area contributed by atoms with Crippen molar-refractivity contribution in [3.63, 3.8) is 0 Å². The summed E-state index contributed by atoms with van der Waals surface area (Å²) in [5.74, 6) is 1.05. The van der Waals surface area contributed by atoms with E-state index in [9.17, 15) is 0 Å². The summed E-state index contributed by atoms with van der Waals surface area (Å²) in [6.45, 7) is 0. The lowest BCUT2D eigenvalue weighted by Crippen LogP contribution is -1.64. The molecule has 44 valence electrons. The fraction of sp³-hybridized carbons (Fsp3) is 0.250. The van der Waals surface area contributed by atoms with E-state index in [2.05, 4.69) is 15.9 Å². The van der Waals surface area contributed by atoms with Crippen LogP contribution in [0.3, 0.4) is 0 Å². The summed E-state index contributed by atoms with van der Waals surface area (Å²) < 4.78 is 1.04. The van der Waals surface area contributed by atoms with Crippen molar-refractivity contribution in [1.29, 1.82) is 0 Å². The molecule has 0 amide bonds. The monoisotopic (exact) mass is 226 g/mol. The molecule has 0 spiro atoms. The highest BCUT2D eigenvalue weighted by Gasteiger charge is 2.12. The van der Waals surface area contributed by atoms with Gasteiger partial charge in [0.2, 0.25) is 0 Å². The van der Waals surface area contributed by atoms with Crippen molar-refractivity contribution in [2.45, 2.75) is 0 Å². The normalized spacial score (nSPS) is 25.1. The molecule has 0 nitrogen and oxygen atoms in total. The highest BCUT2D eigenvalue weighted by atomic mass is 79.9. The first-order chi connectivity index (χ1) is 3.83. The summed E-state index contributed by atoms with van der Waals surface area (Å²) in [6, 6.07) is 0. The van der Waals surface area contributed by atoms with E-state index in [1.807, 2.05) is 4.99 Å². The first-order valence-electron chi connectivity index (χ1n) is 1.97. The Kier molecular flexibility index (Phi) is 2.89. The van der Waals surface area contributed by atoms with Crippen LogP contribution in [0.1, 0.15) is 0 Å². The first kappa shape index (κ1) is 7.12. The van der Waals surface area contributed by atoms with Gasteiger partial charge in [0.15, 0.2) is 0 Å². The zero-order valence-corrected chi connectivity index (χ0v) is 7.92. The molecule has 1 heterocycles. The van der Waals surface area contributed by atoms with Gasteiger partial charge < -0.3 is 0 Å². The van der Waals surface area contributed by atoms with Gasteiger partial charge >= 0.3 is 0 Å². The molecule has 1 fully saturated rings. The molecule has 1 saturated heterocycles. The fourth-order valence-corrected chi connectivity index (χ4v) is 3.25. The van der Waals surface area contributed by atoms with E-state index >= 15 is 0 Å². The second kappa shape index (κ2) is 3.25. The maximum atomic E-state index is 4.93. The molecule has 0 bridgehead atoms. The van der Waals surface area contributed by atoms with Crippen LogP contribution < -0.4 is 0 Å². The largest absolute Gasteiger partial charge is 0.109 e. The fourth-order valence-electron chi connectivity index (χ4n) is 0.350. The van der Waals surface area contributed by atoms with Gasteiger partial charge in [0, 0.05) is 10.7 Å². The Morgan fingerprint density at radius 2 is 2.50 bits per heavy atom. The average molecular weight is 227 g/mol. The van der Waals surface area contributed by atoms with E-state index in [4.69, 9.17) is 12.2 Å². The van der Waals surface area contributed by atoms with Crippen LogP contribution in [-0.4, -0.2) is 9.28 Å². The smallest absolute Gasteiger partial charge is 0.102 e. The third-order valence-corrected chi connectivity index (χ3v) is 4.30. The van der Waals surface area contributed by atoms with Crippen molar-refractivity contribution in [2.75, 3.05) is 5.75 Å². The van der Waals surface area contributed by atoms with Gasteiger partial charge in [0.1, 0.15) is 3.53 Å². The van der Waals surface area contributed by atoms with Crippen LogP contribution in [0.4, 0.5) is 0 Å². The SMILES string of the molecule is S=C1SC/C(=C\Br)S1. The molecule has 0 aromatic carbocycles. The Balaban J connectivity index is 2.56. The van der Waals surface area contributed by atoms with Gasteiger partial charge in [-0.05, 0) is 4.99 Å². The molecule has 1 aliphatic rings. The van der Waals surface area contributed by atoms with Gasteiger partial charge in [0.05, 0.1) is 0 Å². The maximum absolute atomic E-state index is 4.93. The van der Waals surface area contributed by atoms with E-state index < -0.39 is 0 Å². The molecular weight excluding hydrogens is 224 g/mol. The summed E-state index contributed by atoms with van der Waals surface area (Å²) >= 11 is 11.6. The predicted molar refractivity (Wildman–Crippen MR) is 49.7 cm³/mol. The van der Waals surface area contributed by atoms with Crippen molar-refractivity contribution < 1.29 is 0 Å². The van der Waals surface area contributed by atoms with Gasteiger partial charge in [-0.1, -0.05) is 39.9 Å². The molecule has 0 N–H and O–H groups in total. The van der Waals surface area contributed by atoms with Crippen LogP contribution >= 0.6 is 51.7 Å². The molecule has 0 aliphatic carbocycles. The van der Waals surface area contributed by atoms with Crippen molar-refractivity contribution in [3.8, 4) is 0 Å². The van der Waals surface area contributed by atoms with Crippen molar-refractivity contribution in [1.82, 2.24) is 0 Å². The number of rotatable bonds is 0. The Morgan fingerprint density at radius 1 is 1.75 bits per heavy atom. The van der Waals surface area contributed by atoms with Crippen LogP contribution in [0, 0.1) is 0 Å². The Morgan fingerprint density at radius 3 is 2.75 bits per heavy atom. The topological polar surface area (TPSA) is 0 Å². The van der Waals surface area contributed by atoms with Crippen LogP contribution in [0.25, 0.3) is 0 Å². The Bertz CT molecular complexity index is 140. The third kappa shape index (κ3) is 1.76.